The second-order valence-corrected chi connectivity index (χ2v) is 7.02. The molecular formula is C13H24O3S. The first-order valence-corrected chi connectivity index (χ1v) is 7.61. The van der Waals surface area contributed by atoms with Gasteiger partial charge in [-0.25, -0.2) is 0 Å². The molecule has 2 aliphatic rings. The molecule has 3 nitrogen and oxygen atoms in total. The predicted octanol–water partition coefficient (Wildman–Crippen LogP) is 2.22. The minimum Gasteiger partial charge on any atom is -0.392 e. The van der Waals surface area contributed by atoms with Crippen LogP contribution in [0.4, 0.5) is 0 Å². The van der Waals surface area contributed by atoms with Gasteiger partial charge in [-0.1, -0.05) is 6.92 Å². The Morgan fingerprint density at radius 3 is 2.59 bits per heavy atom. The lowest BCUT2D eigenvalue weighted by Crippen LogP contribution is -2.45. The van der Waals surface area contributed by atoms with Gasteiger partial charge in [0.05, 0.1) is 11.7 Å². The minimum atomic E-state index is -0.228. The Bertz CT molecular complexity index is 233. The summed E-state index contributed by atoms with van der Waals surface area (Å²) in [4.78, 5) is 0. The lowest BCUT2D eigenvalue weighted by atomic mass is 9.86. The topological polar surface area (TPSA) is 38.7 Å². The zero-order valence-corrected chi connectivity index (χ0v) is 11.7. The number of hydrogen-bond acceptors (Lipinski definition) is 4. The van der Waals surface area contributed by atoms with E-state index in [1.807, 2.05) is 18.7 Å². The maximum Gasteiger partial charge on any atom is 0.0736 e. The van der Waals surface area contributed by atoms with Crippen LogP contribution in [-0.2, 0) is 9.47 Å². The third-order valence-corrected chi connectivity index (χ3v) is 5.55. The number of thioether (sulfide) groups is 1. The molecule has 2 heterocycles. The van der Waals surface area contributed by atoms with Crippen molar-refractivity contribution in [3.05, 3.63) is 0 Å². The Morgan fingerprint density at radius 2 is 1.94 bits per heavy atom. The zero-order valence-electron chi connectivity index (χ0n) is 10.9. The molecule has 0 bridgehead atoms. The summed E-state index contributed by atoms with van der Waals surface area (Å²) >= 11 is 1.93. The lowest BCUT2D eigenvalue weighted by molar-refractivity contribution is -0.131. The van der Waals surface area contributed by atoms with Gasteiger partial charge in [0.1, 0.15) is 0 Å². The Hall–Kier alpha value is 0.230. The molecule has 0 saturated carbocycles. The highest BCUT2D eigenvalue weighted by atomic mass is 32.2. The van der Waals surface area contributed by atoms with E-state index in [-0.39, 0.29) is 11.7 Å². The maximum absolute atomic E-state index is 9.58. The molecule has 2 saturated heterocycles. The van der Waals surface area contributed by atoms with Crippen LogP contribution in [0.5, 0.6) is 0 Å². The highest BCUT2D eigenvalue weighted by molar-refractivity contribution is 8.00. The average molecular weight is 260 g/mol. The van der Waals surface area contributed by atoms with Crippen molar-refractivity contribution < 1.29 is 14.6 Å². The van der Waals surface area contributed by atoms with Crippen LogP contribution in [0.15, 0.2) is 0 Å². The summed E-state index contributed by atoms with van der Waals surface area (Å²) < 4.78 is 11.4. The molecule has 2 fully saturated rings. The summed E-state index contributed by atoms with van der Waals surface area (Å²) in [6.45, 7) is 6.53. The van der Waals surface area contributed by atoms with E-state index in [4.69, 9.17) is 9.47 Å². The van der Waals surface area contributed by atoms with E-state index in [0.717, 1.165) is 45.5 Å². The van der Waals surface area contributed by atoms with Gasteiger partial charge in [0.15, 0.2) is 0 Å². The quantitative estimate of drug-likeness (QED) is 0.844. The number of aliphatic hydroxyl groups is 1. The van der Waals surface area contributed by atoms with Crippen LogP contribution in [-0.4, -0.2) is 47.1 Å². The van der Waals surface area contributed by atoms with Crippen molar-refractivity contribution in [1.29, 1.82) is 0 Å². The van der Waals surface area contributed by atoms with E-state index < -0.39 is 0 Å². The van der Waals surface area contributed by atoms with Crippen LogP contribution in [0.1, 0.15) is 39.5 Å². The first-order chi connectivity index (χ1) is 8.11. The molecular weight excluding hydrogens is 236 g/mol. The van der Waals surface area contributed by atoms with E-state index in [2.05, 4.69) is 6.92 Å². The summed E-state index contributed by atoms with van der Waals surface area (Å²) in [6, 6.07) is 0. The summed E-state index contributed by atoms with van der Waals surface area (Å²) in [5.74, 6) is 0. The molecule has 0 aromatic carbocycles. The van der Waals surface area contributed by atoms with Gasteiger partial charge in [-0.05, 0) is 32.6 Å². The highest BCUT2D eigenvalue weighted by Crippen LogP contribution is 2.40. The SMILES string of the molecule is CC(O)C(C)SC1CCOC2(CCOCC2)C1. The fourth-order valence-electron chi connectivity index (χ4n) is 2.61. The largest absolute Gasteiger partial charge is 0.392 e. The van der Waals surface area contributed by atoms with E-state index in [1.165, 1.54) is 0 Å². The number of ether oxygens (including phenoxy) is 2. The molecule has 2 aliphatic heterocycles. The monoisotopic (exact) mass is 260 g/mol. The molecule has 0 amide bonds. The Kier molecular flexibility index (Phi) is 4.75. The van der Waals surface area contributed by atoms with Gasteiger partial charge in [0.2, 0.25) is 0 Å². The van der Waals surface area contributed by atoms with Crippen molar-refractivity contribution in [3.8, 4) is 0 Å². The molecule has 2 rings (SSSR count). The van der Waals surface area contributed by atoms with Crippen molar-refractivity contribution in [3.63, 3.8) is 0 Å². The second-order valence-electron chi connectivity index (χ2n) is 5.34. The van der Waals surface area contributed by atoms with E-state index >= 15 is 0 Å². The second kappa shape index (κ2) is 5.91. The van der Waals surface area contributed by atoms with Crippen molar-refractivity contribution in [2.24, 2.45) is 0 Å². The third-order valence-electron chi connectivity index (χ3n) is 3.94. The van der Waals surface area contributed by atoms with Gasteiger partial charge < -0.3 is 14.6 Å². The number of rotatable bonds is 3. The number of hydrogen-bond donors (Lipinski definition) is 1. The van der Waals surface area contributed by atoms with Crippen molar-refractivity contribution in [2.75, 3.05) is 19.8 Å². The molecule has 3 atom stereocenters. The minimum absolute atomic E-state index is 0.0760. The normalized spacial score (nSPS) is 32.3. The molecule has 0 aromatic heterocycles. The van der Waals surface area contributed by atoms with Crippen LogP contribution in [0.25, 0.3) is 0 Å². The summed E-state index contributed by atoms with van der Waals surface area (Å²) in [5.41, 5.74) is 0.0760. The van der Waals surface area contributed by atoms with Crippen LogP contribution >= 0.6 is 11.8 Å². The smallest absolute Gasteiger partial charge is 0.0736 e. The fraction of sp³-hybridized carbons (Fsp3) is 1.00. The highest BCUT2D eigenvalue weighted by Gasteiger charge is 2.39. The van der Waals surface area contributed by atoms with Gasteiger partial charge in [-0.15, -0.1) is 0 Å². The fourth-order valence-corrected chi connectivity index (χ4v) is 4.07. The zero-order chi connectivity index (χ0) is 12.3. The van der Waals surface area contributed by atoms with Gasteiger partial charge in [0.25, 0.3) is 0 Å². The van der Waals surface area contributed by atoms with Gasteiger partial charge >= 0.3 is 0 Å². The average Bonchev–Trinajstić information content (AvgIpc) is 2.30. The van der Waals surface area contributed by atoms with Crippen LogP contribution < -0.4 is 0 Å². The standard InChI is InChI=1S/C13H24O3S/c1-10(14)11(2)17-12-3-6-16-13(9-12)4-7-15-8-5-13/h10-12,14H,3-9H2,1-2H3. The van der Waals surface area contributed by atoms with Gasteiger partial charge in [0, 0.05) is 30.3 Å². The van der Waals surface area contributed by atoms with Gasteiger partial charge in [-0.3, -0.25) is 0 Å². The Morgan fingerprint density at radius 1 is 1.24 bits per heavy atom. The van der Waals surface area contributed by atoms with E-state index in [0.29, 0.717) is 10.5 Å². The predicted molar refractivity (Wildman–Crippen MR) is 70.5 cm³/mol. The third kappa shape index (κ3) is 3.60. The first kappa shape index (κ1) is 13.7. The van der Waals surface area contributed by atoms with E-state index in [9.17, 15) is 5.11 Å². The molecule has 0 aromatic rings. The van der Waals surface area contributed by atoms with Crippen molar-refractivity contribution in [1.82, 2.24) is 0 Å². The summed E-state index contributed by atoms with van der Waals surface area (Å²) in [5, 5.41) is 10.5. The van der Waals surface area contributed by atoms with Crippen LogP contribution in [0, 0.1) is 0 Å². The summed E-state index contributed by atoms with van der Waals surface area (Å²) in [6.07, 6.45) is 4.08. The molecule has 0 radical (unpaired) electrons. The van der Waals surface area contributed by atoms with Crippen LogP contribution in [0.2, 0.25) is 0 Å². The van der Waals surface area contributed by atoms with E-state index in [1.54, 1.807) is 0 Å². The van der Waals surface area contributed by atoms with Crippen molar-refractivity contribution in [2.45, 2.75) is 61.7 Å². The van der Waals surface area contributed by atoms with Crippen LogP contribution in [0.3, 0.4) is 0 Å². The molecule has 100 valence electrons. The van der Waals surface area contributed by atoms with Gasteiger partial charge in [-0.2, -0.15) is 11.8 Å². The molecule has 4 heteroatoms. The van der Waals surface area contributed by atoms with Crippen molar-refractivity contribution >= 4 is 11.8 Å². The molecule has 1 spiro atoms. The summed E-state index contributed by atoms with van der Waals surface area (Å²) in [7, 11) is 0. The first-order valence-electron chi connectivity index (χ1n) is 6.66. The lowest BCUT2D eigenvalue weighted by Gasteiger charge is -2.43. The molecule has 1 N–H and O–H groups in total. The number of aliphatic hydroxyl groups excluding tert-OH is 1. The maximum atomic E-state index is 9.58. The molecule has 17 heavy (non-hydrogen) atoms. The molecule has 3 unspecified atom stereocenters. The molecule has 0 aliphatic carbocycles. The Labute approximate surface area is 108 Å². The Balaban J connectivity index is 1.88.